The topological polar surface area (TPSA) is 3.24 Å². The fourth-order valence-corrected chi connectivity index (χ4v) is 16.7. The Kier molecular flexibility index (Phi) is 8.79. The van der Waals surface area contributed by atoms with E-state index in [0.717, 1.165) is 61.6 Å². The molecule has 1 aliphatic carbocycles. The molecular formula is C69H51NSi. The fraction of sp³-hybridized carbons (Fsp3) is 0.0435. The lowest BCUT2D eigenvalue weighted by Gasteiger charge is -2.31. The number of benzene rings is 11. The van der Waals surface area contributed by atoms with Crippen LogP contribution in [-0.2, 0) is 5.41 Å². The van der Waals surface area contributed by atoms with Gasteiger partial charge < -0.3 is 4.90 Å². The molecule has 1 aliphatic heterocycles. The maximum atomic E-state index is 8.81. The SMILES string of the molecule is [2H]C([2H])([2H])C1(C([2H])([2H])[2H])c2ccccc2-c2ccc(-c3ccc(N(c4ccc(-c5cccc([Si]6(c7ccccc7)c7ccccc7-c7ccccc76)c5)cc4)c4cc(-c5ccccc5)cc(-c5ccccc5)c4)cc3)cc21. The van der Waals surface area contributed by atoms with Crippen molar-refractivity contribution in [2.24, 2.45) is 0 Å². The zero-order valence-electron chi connectivity index (χ0n) is 44.9. The van der Waals surface area contributed by atoms with Gasteiger partial charge in [-0.25, -0.2) is 0 Å². The maximum absolute atomic E-state index is 8.81. The van der Waals surface area contributed by atoms with Crippen LogP contribution in [0.1, 0.15) is 33.1 Å². The van der Waals surface area contributed by atoms with Crippen LogP contribution in [0.25, 0.3) is 66.8 Å². The van der Waals surface area contributed by atoms with Crippen molar-refractivity contribution in [2.75, 3.05) is 4.90 Å². The summed E-state index contributed by atoms with van der Waals surface area (Å²) >= 11 is 0. The average Bonchev–Trinajstić information content (AvgIpc) is 3.97. The predicted octanol–water partition coefficient (Wildman–Crippen LogP) is 15.5. The second-order valence-electron chi connectivity index (χ2n) is 18.8. The zero-order chi connectivity index (χ0) is 52.5. The number of fused-ring (bicyclic) bond motifs is 6. The van der Waals surface area contributed by atoms with E-state index in [4.69, 9.17) is 8.22 Å². The van der Waals surface area contributed by atoms with Gasteiger partial charge in [-0.1, -0.05) is 238 Å². The van der Waals surface area contributed by atoms with Crippen LogP contribution in [0.2, 0.25) is 0 Å². The van der Waals surface area contributed by atoms with Crippen molar-refractivity contribution in [1.29, 1.82) is 0 Å². The first-order chi connectivity index (χ1) is 37.4. The van der Waals surface area contributed by atoms with Crippen LogP contribution in [0.4, 0.5) is 17.1 Å². The first-order valence-electron chi connectivity index (χ1n) is 27.3. The third-order valence-electron chi connectivity index (χ3n) is 14.8. The molecule has 0 radical (unpaired) electrons. The summed E-state index contributed by atoms with van der Waals surface area (Å²) < 4.78 is 52.9. The fourth-order valence-electron chi connectivity index (χ4n) is 11.5. The van der Waals surface area contributed by atoms with Crippen LogP contribution < -0.4 is 25.6 Å². The molecule has 71 heavy (non-hydrogen) atoms. The summed E-state index contributed by atoms with van der Waals surface area (Å²) in [5.74, 6) is 0. The van der Waals surface area contributed by atoms with Crippen molar-refractivity contribution in [3.8, 4) is 66.8 Å². The highest BCUT2D eigenvalue weighted by molar-refractivity contribution is 7.22. The minimum atomic E-state index is -2.85. The zero-order valence-corrected chi connectivity index (χ0v) is 39.9. The summed E-state index contributed by atoms with van der Waals surface area (Å²) in [4.78, 5) is 2.29. The van der Waals surface area contributed by atoms with Crippen LogP contribution in [0, 0.1) is 0 Å². The van der Waals surface area contributed by atoms with Gasteiger partial charge in [-0.15, -0.1) is 0 Å². The molecule has 0 N–H and O–H groups in total. The van der Waals surface area contributed by atoms with E-state index in [2.05, 4.69) is 211 Å². The van der Waals surface area contributed by atoms with E-state index in [1.165, 1.54) is 31.9 Å². The van der Waals surface area contributed by atoms with Gasteiger partial charge in [0.05, 0.1) is 0 Å². The van der Waals surface area contributed by atoms with Crippen LogP contribution in [0.3, 0.4) is 0 Å². The number of anilines is 3. The molecule has 11 aromatic rings. The summed E-state index contributed by atoms with van der Waals surface area (Å²) in [5, 5.41) is 5.52. The Labute approximate surface area is 427 Å². The van der Waals surface area contributed by atoms with E-state index in [-0.39, 0.29) is 0 Å². The molecule has 0 saturated heterocycles. The van der Waals surface area contributed by atoms with Gasteiger partial charge in [-0.3, -0.25) is 0 Å². The number of hydrogen-bond acceptors (Lipinski definition) is 1. The van der Waals surface area contributed by atoms with Crippen molar-refractivity contribution in [1.82, 2.24) is 0 Å². The van der Waals surface area contributed by atoms with Gasteiger partial charge in [0, 0.05) is 30.7 Å². The lowest BCUT2D eigenvalue weighted by atomic mass is 9.81. The van der Waals surface area contributed by atoms with Crippen molar-refractivity contribution >= 4 is 45.9 Å². The van der Waals surface area contributed by atoms with E-state index in [1.54, 1.807) is 18.2 Å². The predicted molar refractivity (Wildman–Crippen MR) is 303 cm³/mol. The first kappa shape index (κ1) is 36.4. The highest BCUT2D eigenvalue weighted by Crippen LogP contribution is 2.50. The standard InChI is InChI=1S/C69H51NSi/c1-69(2)65-30-15-12-27-61(65)62-42-37-53(47-66(62)69)51-35-40-57(41-36-51)70(58-44-54(48-19-6-3-7-20-48)43-55(45-58)49-21-8-4-9-22-49)56-38-33-50(34-39-56)52-23-18-26-60(46-52)71(59-24-10-5-11-25-59)67-31-16-13-28-63(67)64-29-14-17-32-68(64)71/h3-47H,1-2H3/i1D3,2D3. The molecule has 0 bridgehead atoms. The Hall–Kier alpha value is -8.56. The van der Waals surface area contributed by atoms with Gasteiger partial charge in [0.1, 0.15) is 0 Å². The van der Waals surface area contributed by atoms with Gasteiger partial charge in [0.25, 0.3) is 0 Å². The van der Waals surface area contributed by atoms with Crippen LogP contribution in [-0.4, -0.2) is 8.07 Å². The summed E-state index contributed by atoms with van der Waals surface area (Å²) in [5.41, 5.74) is 13.4. The molecule has 1 heterocycles. The average molecular weight is 928 g/mol. The highest BCUT2D eigenvalue weighted by atomic mass is 28.3. The molecule has 0 fully saturated rings. The Morgan fingerprint density at radius 1 is 0.296 bits per heavy atom. The van der Waals surface area contributed by atoms with Crippen LogP contribution >= 0.6 is 0 Å². The molecule has 0 saturated carbocycles. The minimum absolute atomic E-state index is 0.300. The third kappa shape index (κ3) is 7.05. The third-order valence-corrected chi connectivity index (χ3v) is 19.7. The molecule has 1 nitrogen and oxygen atoms in total. The van der Waals surface area contributed by atoms with Gasteiger partial charge >= 0.3 is 0 Å². The van der Waals surface area contributed by atoms with E-state index in [0.29, 0.717) is 22.3 Å². The number of rotatable bonds is 9. The smallest absolute Gasteiger partial charge is 0.180 e. The van der Waals surface area contributed by atoms with Crippen molar-refractivity contribution in [3.05, 3.63) is 284 Å². The maximum Gasteiger partial charge on any atom is 0.180 e. The van der Waals surface area contributed by atoms with Gasteiger partial charge in [-0.05, 0) is 147 Å². The lowest BCUT2D eigenvalue weighted by molar-refractivity contribution is 0.660. The molecule has 2 aliphatic rings. The molecule has 0 atom stereocenters. The molecule has 0 aromatic heterocycles. The Morgan fingerprint density at radius 2 is 0.732 bits per heavy atom. The Morgan fingerprint density at radius 3 is 1.31 bits per heavy atom. The second-order valence-corrected chi connectivity index (χ2v) is 22.5. The van der Waals surface area contributed by atoms with E-state index in [9.17, 15) is 0 Å². The molecule has 0 unspecified atom stereocenters. The number of hydrogen-bond donors (Lipinski definition) is 0. The first-order valence-corrected chi connectivity index (χ1v) is 26.3. The minimum Gasteiger partial charge on any atom is -0.310 e. The Bertz CT molecular complexity index is 3890. The number of nitrogens with zero attached hydrogens (tertiary/aromatic N) is 1. The summed E-state index contributed by atoms with van der Waals surface area (Å²) in [6, 6.07) is 95.8. The van der Waals surface area contributed by atoms with Gasteiger partial charge in [-0.2, -0.15) is 0 Å². The van der Waals surface area contributed by atoms with Crippen molar-refractivity contribution in [2.45, 2.75) is 19.1 Å². The second kappa shape index (κ2) is 17.1. The largest absolute Gasteiger partial charge is 0.310 e. The van der Waals surface area contributed by atoms with E-state index in [1.807, 2.05) is 48.5 Å². The van der Waals surface area contributed by atoms with E-state index >= 15 is 0 Å². The van der Waals surface area contributed by atoms with Gasteiger partial charge in [0.15, 0.2) is 8.07 Å². The normalized spacial score (nSPS) is 15.0. The van der Waals surface area contributed by atoms with Crippen molar-refractivity contribution in [3.63, 3.8) is 0 Å². The van der Waals surface area contributed by atoms with Gasteiger partial charge in [0.2, 0.25) is 0 Å². The molecule has 336 valence electrons. The summed E-state index contributed by atoms with van der Waals surface area (Å²) in [7, 11) is -2.71. The van der Waals surface area contributed by atoms with Crippen LogP contribution in [0.15, 0.2) is 273 Å². The van der Waals surface area contributed by atoms with Crippen LogP contribution in [0.5, 0.6) is 0 Å². The summed E-state index contributed by atoms with van der Waals surface area (Å²) in [6.07, 6.45) is 0. The Balaban J connectivity index is 0.939. The monoisotopic (exact) mass is 927 g/mol. The molecule has 2 heteroatoms. The molecular weight excluding hydrogens is 871 g/mol. The molecule has 0 amide bonds. The quantitative estimate of drug-likeness (QED) is 0.130. The summed E-state index contributed by atoms with van der Waals surface area (Å²) in [6.45, 7) is -5.71. The van der Waals surface area contributed by atoms with E-state index < -0.39 is 27.2 Å². The highest BCUT2D eigenvalue weighted by Gasteiger charge is 2.48. The molecule has 11 aromatic carbocycles. The lowest BCUT2D eigenvalue weighted by Crippen LogP contribution is -2.72. The molecule has 0 spiro atoms. The molecule has 13 rings (SSSR count). The van der Waals surface area contributed by atoms with Crippen molar-refractivity contribution < 1.29 is 8.22 Å².